The van der Waals surface area contributed by atoms with Gasteiger partial charge in [0.1, 0.15) is 25.6 Å². The van der Waals surface area contributed by atoms with Crippen LogP contribution in [-0.4, -0.2) is 262 Å². The lowest BCUT2D eigenvalue weighted by atomic mass is 9.82. The molecular formula is C80H137N9O27. The summed E-state index contributed by atoms with van der Waals surface area (Å²) in [5, 5.41) is 35.0. The van der Waals surface area contributed by atoms with Crippen molar-refractivity contribution < 1.29 is 129 Å². The summed E-state index contributed by atoms with van der Waals surface area (Å²) in [6.07, 6.45) is 1.34. The number of amides is 9. The Hall–Kier alpha value is -7.58. The monoisotopic (exact) mass is 1660 g/mol. The van der Waals surface area contributed by atoms with Crippen LogP contribution in [0.5, 0.6) is 0 Å². The molecule has 0 spiro atoms. The van der Waals surface area contributed by atoms with Crippen LogP contribution in [0, 0.1) is 40.9 Å². The number of hydrogen-bond acceptors (Lipinski definition) is 26. The van der Waals surface area contributed by atoms with Crippen molar-refractivity contribution in [2.45, 2.75) is 267 Å². The normalized spacial score (nSPS) is 23.5. The molecule has 0 aromatic heterocycles. The summed E-state index contributed by atoms with van der Waals surface area (Å²) in [7, 11) is 0. The van der Waals surface area contributed by atoms with Gasteiger partial charge in [-0.2, -0.15) is 0 Å². The van der Waals surface area contributed by atoms with Crippen molar-refractivity contribution in [1.82, 2.24) is 47.9 Å². The fraction of sp³-hybridized carbons (Fsp3) is 0.825. The maximum atomic E-state index is 13.8. The molecule has 15 unspecified atom stereocenters. The maximum Gasteiger partial charge on any atom is 0.303 e. The summed E-state index contributed by atoms with van der Waals surface area (Å²) in [4.78, 5) is 173. The first-order valence-electron chi connectivity index (χ1n) is 41.3. The van der Waals surface area contributed by atoms with Gasteiger partial charge in [-0.3, -0.25) is 67.1 Å². The number of rotatable bonds is 61. The van der Waals surface area contributed by atoms with Crippen molar-refractivity contribution in [3.63, 3.8) is 0 Å². The minimum atomic E-state index is -1.21. The number of carboxylic acids is 1. The molecule has 3 rings (SSSR count). The number of Topliss-reactive ketones (excluding diaryl/α,β-unsaturated/α-hetero) is 1. The van der Waals surface area contributed by atoms with E-state index in [2.05, 4.69) is 47.9 Å². The number of carbonyl (C=O) groups excluding carboxylic acids is 13. The van der Waals surface area contributed by atoms with Gasteiger partial charge in [0.2, 0.25) is 53.2 Å². The molecule has 0 aromatic rings. The summed E-state index contributed by atoms with van der Waals surface area (Å²) in [5.41, 5.74) is -1.21. The molecule has 664 valence electrons. The van der Waals surface area contributed by atoms with E-state index in [1.807, 2.05) is 41.5 Å². The summed E-state index contributed by atoms with van der Waals surface area (Å²) >= 11 is 0. The Morgan fingerprint density at radius 1 is 0.319 bits per heavy atom. The number of nitrogens with one attached hydrogen (secondary N) is 9. The Bertz CT molecular complexity index is 2740. The van der Waals surface area contributed by atoms with E-state index >= 15 is 0 Å². The summed E-state index contributed by atoms with van der Waals surface area (Å²) in [6.45, 7) is 21.7. The SMILES string of the molecule is CC(=O)NC1C(OCCCCC(=O)NCCCNC(=O)CCOCC(COCCC(=O)NCCCNC(=O)CCCCOC2OC(COC(C)=O)C(C)C(C)C2NC(C)=O)(COCCC(=O)NCCCNC(=O)CCCCOC2OC(COC(C)=O)C(C)C(C)C2NC(C)=O)CC(=O)CCCCC(=O)O)OC(COC(C)=O)C(C)C1C. The van der Waals surface area contributed by atoms with E-state index in [0.717, 1.165) is 0 Å². The lowest BCUT2D eigenvalue weighted by Crippen LogP contribution is -2.58. The minimum absolute atomic E-state index is 0.0307. The summed E-state index contributed by atoms with van der Waals surface area (Å²) < 4.78 is 70.5. The molecule has 36 nitrogen and oxygen atoms in total. The largest absolute Gasteiger partial charge is 0.481 e. The predicted octanol–water partition coefficient (Wildman–Crippen LogP) is 3.42. The second kappa shape index (κ2) is 58.3. The van der Waals surface area contributed by atoms with Crippen LogP contribution in [0.25, 0.3) is 0 Å². The minimum Gasteiger partial charge on any atom is -0.481 e. The van der Waals surface area contributed by atoms with Crippen LogP contribution in [0.3, 0.4) is 0 Å². The van der Waals surface area contributed by atoms with Crippen molar-refractivity contribution in [2.24, 2.45) is 40.9 Å². The Balaban J connectivity index is 1.53. The Morgan fingerprint density at radius 2 is 0.578 bits per heavy atom. The lowest BCUT2D eigenvalue weighted by molar-refractivity contribution is -0.244. The summed E-state index contributed by atoms with van der Waals surface area (Å²) in [6, 6.07) is -1.30. The molecule has 9 amide bonds. The van der Waals surface area contributed by atoms with Crippen LogP contribution in [-0.2, 0) is 124 Å². The van der Waals surface area contributed by atoms with Crippen molar-refractivity contribution in [2.75, 3.05) is 119 Å². The highest BCUT2D eigenvalue weighted by molar-refractivity contribution is 5.80. The third-order valence-corrected chi connectivity index (χ3v) is 20.8. The molecule has 3 fully saturated rings. The van der Waals surface area contributed by atoms with Crippen molar-refractivity contribution in [3.05, 3.63) is 0 Å². The molecule has 0 aromatic carbocycles. The van der Waals surface area contributed by atoms with Crippen LogP contribution in [0.15, 0.2) is 0 Å². The molecule has 10 N–H and O–H groups in total. The zero-order valence-electron chi connectivity index (χ0n) is 70.6. The first-order chi connectivity index (χ1) is 55.2. The number of unbranched alkanes of at least 4 members (excludes halogenated alkanes) is 4. The Labute approximate surface area is 683 Å². The van der Waals surface area contributed by atoms with E-state index in [0.29, 0.717) is 57.8 Å². The molecule has 0 saturated carbocycles. The fourth-order valence-electron chi connectivity index (χ4n) is 13.5. The molecule has 116 heavy (non-hydrogen) atoms. The Kier molecular flexibility index (Phi) is 51.6. The first-order valence-corrected chi connectivity index (χ1v) is 41.3. The average Bonchev–Trinajstić information content (AvgIpc) is 0.816. The fourth-order valence-corrected chi connectivity index (χ4v) is 13.5. The topological polar surface area (TPSA) is 478 Å². The van der Waals surface area contributed by atoms with Gasteiger partial charge >= 0.3 is 23.9 Å². The van der Waals surface area contributed by atoms with Gasteiger partial charge in [-0.05, 0) is 106 Å². The Morgan fingerprint density at radius 3 is 0.836 bits per heavy atom. The third-order valence-electron chi connectivity index (χ3n) is 20.8. The highest BCUT2D eigenvalue weighted by Crippen LogP contribution is 2.35. The van der Waals surface area contributed by atoms with Crippen molar-refractivity contribution in [3.8, 4) is 0 Å². The van der Waals surface area contributed by atoms with Gasteiger partial charge < -0.3 is 110 Å². The quantitative estimate of drug-likeness (QED) is 0.0237. The van der Waals surface area contributed by atoms with Gasteiger partial charge in [-0.25, -0.2) is 0 Å². The van der Waals surface area contributed by atoms with E-state index in [1.54, 1.807) is 0 Å². The molecule has 3 aliphatic rings. The molecular weight excluding hydrogens is 1520 g/mol. The molecule has 3 saturated heterocycles. The molecule has 0 radical (unpaired) electrons. The van der Waals surface area contributed by atoms with Crippen LogP contribution < -0.4 is 47.9 Å². The van der Waals surface area contributed by atoms with E-state index in [9.17, 15) is 72.2 Å². The van der Waals surface area contributed by atoms with Gasteiger partial charge in [0.05, 0.1) is 76.1 Å². The molecule has 15 atom stereocenters. The number of carboxylic acid groups (broad SMARTS) is 1. The first kappa shape index (κ1) is 103. The van der Waals surface area contributed by atoms with E-state index < -0.39 is 84.6 Å². The van der Waals surface area contributed by atoms with Crippen molar-refractivity contribution in [1.29, 1.82) is 0 Å². The van der Waals surface area contributed by atoms with Crippen LogP contribution in [0.4, 0.5) is 0 Å². The van der Waals surface area contributed by atoms with Crippen LogP contribution >= 0.6 is 0 Å². The van der Waals surface area contributed by atoms with Crippen LogP contribution in [0.2, 0.25) is 0 Å². The molecule has 0 bridgehead atoms. The zero-order valence-corrected chi connectivity index (χ0v) is 70.6. The van der Waals surface area contributed by atoms with Gasteiger partial charge in [0.15, 0.2) is 18.9 Å². The zero-order chi connectivity index (χ0) is 86.0. The number of ether oxygens (including phenoxy) is 12. The van der Waals surface area contributed by atoms with E-state index in [1.165, 1.54) is 41.5 Å². The molecule has 36 heteroatoms. The van der Waals surface area contributed by atoms with Gasteiger partial charge in [-0.15, -0.1) is 0 Å². The average molecular weight is 1660 g/mol. The van der Waals surface area contributed by atoms with Gasteiger partial charge in [-0.1, -0.05) is 41.5 Å². The summed E-state index contributed by atoms with van der Waals surface area (Å²) in [5.74, 6) is -5.17. The third kappa shape index (κ3) is 44.3. The smallest absolute Gasteiger partial charge is 0.303 e. The van der Waals surface area contributed by atoms with Gasteiger partial charge in [0, 0.05) is 164 Å². The maximum absolute atomic E-state index is 13.8. The van der Waals surface area contributed by atoms with E-state index in [-0.39, 0.29) is 284 Å². The molecule has 3 aliphatic heterocycles. The number of carbonyl (C=O) groups is 14. The number of hydrogen-bond donors (Lipinski definition) is 10. The second-order valence-electron chi connectivity index (χ2n) is 30.7. The number of ketones is 1. The molecule has 0 aliphatic carbocycles. The highest BCUT2D eigenvalue weighted by atomic mass is 16.7. The highest BCUT2D eigenvalue weighted by Gasteiger charge is 2.46. The number of esters is 3. The van der Waals surface area contributed by atoms with Crippen LogP contribution in [0.1, 0.15) is 212 Å². The second-order valence-corrected chi connectivity index (χ2v) is 30.7. The number of aliphatic carboxylic acids is 1. The lowest BCUT2D eigenvalue weighted by Gasteiger charge is -2.44. The van der Waals surface area contributed by atoms with Gasteiger partial charge in [0.25, 0.3) is 0 Å². The van der Waals surface area contributed by atoms with Crippen molar-refractivity contribution >= 4 is 82.8 Å². The van der Waals surface area contributed by atoms with E-state index in [4.69, 9.17) is 56.8 Å². The predicted molar refractivity (Wildman–Crippen MR) is 419 cm³/mol. The molecule has 3 heterocycles. The standard InChI is InChI=1S/C80H137N9O27/c1-51-54(4)74(87-57(7)90)77(114-64(51)45-111-60(10)93)108-38-18-15-25-67(97)81-32-21-35-84-70(100)29-41-105-48-80(44-63(96)24-13-14-28-73(103)104,49-106-42-30-71(101)85-36-22-33-82-68(98)26-16-19-39-109-78-75(88-58(8)91)55(5)52(2)65(115-78)46-112-61(11)94)50-107-43-31-72(102)86-37-23-34-83-69(99)27-17-20-40-110-79-76(89-59(9)92)56(6)53(3)66(116-79)47-113-62(12)95/h51-56,64-66,74-79H,13-50H2,1-12H3,(H,81,97)(H,82,98)(H,83,99)(H,84,100)(H,85,101)(H,86,102)(H,87,90)(H,88,91)(H,89,92)(H,103,104).